The van der Waals surface area contributed by atoms with Crippen LogP contribution in [0.5, 0.6) is 0 Å². The van der Waals surface area contributed by atoms with Crippen molar-refractivity contribution in [2.24, 2.45) is 10.2 Å². The maximum Gasteiger partial charge on any atom is 0.341 e. The molecule has 0 unspecified atom stereocenters. The largest absolute Gasteiger partial charge is 0.477 e. The number of carbonyl (C=O) groups is 6. The SMILES string of the molecule is Cc1ccnc2[nH]cc(C(=O)C(=O)N3CCN(C(=O)c4c(F)c(F)c(N=[N+]=[N-])c(F)c4F)C[C@H]3C)c12.Cc1ccnc2[nH]cc(C(=O)C(=O)N3CCNC[C@H]3C)c12.[N-]=[N+]=Nc1c(F)c(F)c(C(=O)O)c(F)c1F. The Bertz CT molecular complexity index is 3280. The number of carboxylic acid groups (broad SMARTS) is 1. The molecule has 2 fully saturated rings. The number of hydrogen-bond acceptors (Lipinski definition) is 11. The summed E-state index contributed by atoms with van der Waals surface area (Å²) in [6, 6.07) is 2.78. The lowest BCUT2D eigenvalue weighted by atomic mass is 10.0. The summed E-state index contributed by atoms with van der Waals surface area (Å²) in [6.45, 7) is 8.40. The van der Waals surface area contributed by atoms with Gasteiger partial charge in [-0.2, -0.15) is 0 Å². The average molecular weight is 1020 g/mol. The molecular weight excluding hydrogens is 989 g/mol. The van der Waals surface area contributed by atoms with E-state index in [2.05, 4.69) is 40.4 Å². The first-order chi connectivity index (χ1) is 34.6. The third-order valence-corrected chi connectivity index (χ3v) is 11.6. The number of pyridine rings is 2. The molecule has 0 bridgehead atoms. The zero-order chi connectivity index (χ0) is 53.7. The van der Waals surface area contributed by atoms with Gasteiger partial charge in [-0.1, -0.05) is 10.2 Å². The third-order valence-electron chi connectivity index (χ3n) is 11.6. The summed E-state index contributed by atoms with van der Waals surface area (Å²) >= 11 is 0. The van der Waals surface area contributed by atoms with Crippen molar-refractivity contribution < 1.29 is 69.0 Å². The van der Waals surface area contributed by atoms with Crippen LogP contribution in [0.4, 0.5) is 46.5 Å². The van der Waals surface area contributed by atoms with E-state index in [1.807, 2.05) is 24.8 Å². The number of rotatable bonds is 8. The summed E-state index contributed by atoms with van der Waals surface area (Å²) in [4.78, 5) is 96.0. The molecule has 0 spiro atoms. The number of nitrogens with one attached hydrogen (secondary N) is 3. The number of aromatic carboxylic acids is 1. The fourth-order valence-corrected chi connectivity index (χ4v) is 7.92. The Balaban J connectivity index is 0.000000198. The van der Waals surface area contributed by atoms with E-state index in [-0.39, 0.29) is 31.2 Å². The number of carboxylic acids is 1. The van der Waals surface area contributed by atoms with Gasteiger partial charge in [0.2, 0.25) is 0 Å². The third kappa shape index (κ3) is 10.3. The number of benzene rings is 2. The summed E-state index contributed by atoms with van der Waals surface area (Å²) in [5.41, 5.74) is 13.1. The molecule has 4 aromatic heterocycles. The van der Waals surface area contributed by atoms with E-state index in [1.165, 1.54) is 18.0 Å². The van der Waals surface area contributed by atoms with Crippen molar-refractivity contribution >= 4 is 68.7 Å². The molecule has 2 aliphatic heterocycles. The van der Waals surface area contributed by atoms with Crippen LogP contribution in [-0.4, -0.2) is 126 Å². The maximum absolute atomic E-state index is 14.4. The second kappa shape index (κ2) is 22.0. The van der Waals surface area contributed by atoms with Gasteiger partial charge in [0.05, 0.1) is 11.1 Å². The molecule has 0 radical (unpaired) electrons. The van der Waals surface area contributed by atoms with Gasteiger partial charge >= 0.3 is 5.97 Å². The summed E-state index contributed by atoms with van der Waals surface area (Å²) in [7, 11) is 0. The number of hydrogen-bond donors (Lipinski definition) is 4. The van der Waals surface area contributed by atoms with Gasteiger partial charge in [-0.05, 0) is 62.0 Å². The molecule has 6 aromatic rings. The van der Waals surface area contributed by atoms with Gasteiger partial charge in [0, 0.05) is 96.7 Å². The van der Waals surface area contributed by atoms with E-state index < -0.39 is 110 Å². The average Bonchev–Trinajstić information content (AvgIpc) is 4.02. The van der Waals surface area contributed by atoms with Crippen molar-refractivity contribution in [3.05, 3.63) is 138 Å². The molecule has 2 saturated heterocycles. The molecule has 29 heteroatoms. The minimum absolute atomic E-state index is 0.0274. The Morgan fingerprint density at radius 3 is 1.47 bits per heavy atom. The molecule has 6 heterocycles. The highest BCUT2D eigenvalue weighted by atomic mass is 19.2. The predicted molar refractivity (Wildman–Crippen MR) is 239 cm³/mol. The van der Waals surface area contributed by atoms with E-state index in [9.17, 15) is 63.9 Å². The predicted octanol–water partition coefficient (Wildman–Crippen LogP) is 7.68. The number of Topliss-reactive ketones (excluding diaryl/α,β-unsaturated/α-hetero) is 2. The zero-order valence-electron chi connectivity index (χ0n) is 38.2. The van der Waals surface area contributed by atoms with Crippen LogP contribution in [0.1, 0.15) is 66.4 Å². The number of carbonyl (C=O) groups excluding carboxylic acids is 5. The number of ketones is 2. The van der Waals surface area contributed by atoms with Gasteiger partial charge in [-0.25, -0.2) is 49.9 Å². The molecule has 2 aromatic carbocycles. The number of piperazine rings is 2. The minimum Gasteiger partial charge on any atom is -0.477 e. The lowest BCUT2D eigenvalue weighted by Crippen LogP contribution is -2.57. The van der Waals surface area contributed by atoms with Crippen LogP contribution in [0.2, 0.25) is 0 Å². The second-order valence-corrected chi connectivity index (χ2v) is 16.1. The molecule has 2 aliphatic rings. The number of halogens is 8. The smallest absolute Gasteiger partial charge is 0.341 e. The van der Waals surface area contributed by atoms with E-state index in [4.69, 9.17) is 16.2 Å². The lowest BCUT2D eigenvalue weighted by Gasteiger charge is -2.39. The Hall–Kier alpha value is -8.94. The van der Waals surface area contributed by atoms with Crippen LogP contribution in [0.15, 0.2) is 47.1 Å². The molecule has 8 rings (SSSR count). The highest BCUT2D eigenvalue weighted by Crippen LogP contribution is 2.33. The molecule has 0 saturated carbocycles. The van der Waals surface area contributed by atoms with Crippen molar-refractivity contribution in [1.82, 2.24) is 40.0 Å². The number of nitrogens with zero attached hydrogens (tertiary/aromatic N) is 11. The first kappa shape index (κ1) is 53.4. The quantitative estimate of drug-likeness (QED) is 0.0219. The van der Waals surface area contributed by atoms with Gasteiger partial charge in [0.1, 0.15) is 33.8 Å². The van der Waals surface area contributed by atoms with Gasteiger partial charge < -0.3 is 35.1 Å². The van der Waals surface area contributed by atoms with Crippen LogP contribution >= 0.6 is 0 Å². The van der Waals surface area contributed by atoms with Crippen LogP contribution in [0.25, 0.3) is 43.0 Å². The van der Waals surface area contributed by atoms with Crippen LogP contribution in [0.3, 0.4) is 0 Å². The lowest BCUT2D eigenvalue weighted by molar-refractivity contribution is -0.130. The van der Waals surface area contributed by atoms with Crippen LogP contribution in [0, 0.1) is 60.4 Å². The number of fused-ring (bicyclic) bond motifs is 2. The van der Waals surface area contributed by atoms with Crippen LogP contribution < -0.4 is 5.32 Å². The molecule has 3 amide bonds. The molecule has 73 heavy (non-hydrogen) atoms. The first-order valence-corrected chi connectivity index (χ1v) is 21.2. The molecule has 4 N–H and O–H groups in total. The van der Waals surface area contributed by atoms with E-state index in [0.29, 0.717) is 35.3 Å². The van der Waals surface area contributed by atoms with Gasteiger partial charge in [0.25, 0.3) is 29.3 Å². The minimum atomic E-state index is -2.18. The number of aryl methyl sites for hydroxylation is 2. The van der Waals surface area contributed by atoms with Gasteiger partial charge in [0.15, 0.2) is 46.5 Å². The Morgan fingerprint density at radius 2 is 1.07 bits per heavy atom. The summed E-state index contributed by atoms with van der Waals surface area (Å²) in [5, 5.41) is 17.7. The molecule has 2 atom stereocenters. The highest BCUT2D eigenvalue weighted by molar-refractivity contribution is 6.45. The fraction of sp³-hybridized carbons (Fsp3) is 0.273. The molecule has 21 nitrogen and oxygen atoms in total. The first-order valence-electron chi connectivity index (χ1n) is 21.2. The maximum atomic E-state index is 14.4. The Kier molecular flexibility index (Phi) is 16.1. The van der Waals surface area contributed by atoms with Crippen molar-refractivity contribution in [3.8, 4) is 0 Å². The van der Waals surface area contributed by atoms with E-state index in [0.717, 1.165) is 28.0 Å². The Morgan fingerprint density at radius 1 is 0.644 bits per heavy atom. The zero-order valence-corrected chi connectivity index (χ0v) is 38.2. The van der Waals surface area contributed by atoms with Crippen LogP contribution in [-0.2, 0) is 9.59 Å². The highest BCUT2D eigenvalue weighted by Gasteiger charge is 2.38. The topological polar surface area (TPSA) is 299 Å². The molecule has 380 valence electrons. The number of amides is 3. The van der Waals surface area contributed by atoms with Crippen molar-refractivity contribution in [2.45, 2.75) is 39.8 Å². The number of azide groups is 2. The number of aromatic amines is 2. The number of H-pyrrole nitrogens is 2. The van der Waals surface area contributed by atoms with Crippen molar-refractivity contribution in [3.63, 3.8) is 0 Å². The fourth-order valence-electron chi connectivity index (χ4n) is 7.92. The van der Waals surface area contributed by atoms with Crippen molar-refractivity contribution in [1.29, 1.82) is 0 Å². The standard InChI is InChI=1S/C22H17F4N7O3.C15H18N4O2.C7HF4N3O2/c1-9-3-4-28-20-12(9)11(7-29-20)19(34)22(36)33-6-5-32(8-10(33)2)21(35)13-14(23)16(25)18(30-31-27)17(26)15(13)24;1-9-3-4-17-14-12(9)11(8-18-14)13(20)15(21)19-6-5-16-7-10(19)2;8-2-1(7(15)16)3(9)5(11)6(4(2)10)13-14-12/h3-4,7,10H,5-6,8H2,1-2H3,(H,28,29);3-4,8,10,16H,5-7H2,1-2H3,(H,17,18);(H,15,16)/t2*10-;/m11./s1. The molecule has 0 aliphatic carbocycles. The van der Waals surface area contributed by atoms with Gasteiger partial charge in [-0.15, -0.1) is 0 Å². The normalized spacial score (nSPS) is 15.3. The summed E-state index contributed by atoms with van der Waals surface area (Å²) < 4.78 is 109. The Labute approximate surface area is 404 Å². The van der Waals surface area contributed by atoms with Crippen molar-refractivity contribution in [2.75, 3.05) is 39.3 Å². The van der Waals surface area contributed by atoms with Gasteiger partial charge in [-0.3, -0.25) is 24.0 Å². The van der Waals surface area contributed by atoms with E-state index >= 15 is 0 Å². The summed E-state index contributed by atoms with van der Waals surface area (Å²) in [6.07, 6.45) is 6.20. The molecular formula is C44H36F8N14O7. The summed E-state index contributed by atoms with van der Waals surface area (Å²) in [5.74, 6) is -22.5. The second-order valence-electron chi connectivity index (χ2n) is 16.1. The number of aromatic nitrogens is 4. The monoisotopic (exact) mass is 1020 g/mol. The van der Waals surface area contributed by atoms with E-state index in [1.54, 1.807) is 36.5 Å².